The summed E-state index contributed by atoms with van der Waals surface area (Å²) in [4.78, 5) is 8.82. The third-order valence-corrected chi connectivity index (χ3v) is 4.60. The minimum atomic E-state index is 0.402. The minimum Gasteiger partial charge on any atom is -0.368 e. The first-order valence-corrected chi connectivity index (χ1v) is 8.42. The quantitative estimate of drug-likeness (QED) is 0.803. The van der Waals surface area contributed by atoms with Crippen molar-refractivity contribution in [2.45, 2.75) is 52.4 Å². The third-order valence-electron chi connectivity index (χ3n) is 4.02. The van der Waals surface area contributed by atoms with Crippen molar-refractivity contribution in [1.82, 2.24) is 9.97 Å². The van der Waals surface area contributed by atoms with Gasteiger partial charge in [0.2, 0.25) is 5.95 Å². The van der Waals surface area contributed by atoms with E-state index in [1.54, 1.807) is 0 Å². The molecule has 5 heteroatoms. The molecule has 0 aromatic carbocycles. The van der Waals surface area contributed by atoms with Crippen molar-refractivity contribution in [3.63, 3.8) is 0 Å². The van der Waals surface area contributed by atoms with Crippen LogP contribution in [0.2, 0.25) is 0 Å². The van der Waals surface area contributed by atoms with Crippen LogP contribution in [0.3, 0.4) is 0 Å². The van der Waals surface area contributed by atoms with Crippen molar-refractivity contribution in [3.05, 3.63) is 10.7 Å². The van der Waals surface area contributed by atoms with Gasteiger partial charge in [-0.05, 0) is 40.6 Å². The monoisotopic (exact) mass is 340 g/mol. The second-order valence-electron chi connectivity index (χ2n) is 6.04. The number of hydrogen-bond acceptors (Lipinski definition) is 4. The van der Waals surface area contributed by atoms with Crippen molar-refractivity contribution in [2.24, 2.45) is 5.41 Å². The van der Waals surface area contributed by atoms with Crippen LogP contribution in [-0.4, -0.2) is 23.1 Å². The average Bonchev–Trinajstić information content (AvgIpc) is 2.46. The van der Waals surface area contributed by atoms with Gasteiger partial charge in [0.25, 0.3) is 0 Å². The molecular weight excluding hydrogens is 316 g/mol. The fourth-order valence-corrected chi connectivity index (χ4v) is 3.02. The highest BCUT2D eigenvalue weighted by molar-refractivity contribution is 9.10. The molecule has 0 bridgehead atoms. The van der Waals surface area contributed by atoms with Crippen LogP contribution in [0.25, 0.3) is 0 Å². The first kappa shape index (κ1) is 15.5. The Labute approximate surface area is 130 Å². The molecule has 1 heterocycles. The number of anilines is 2. The second kappa shape index (κ2) is 7.25. The molecule has 1 aliphatic rings. The summed E-state index contributed by atoms with van der Waals surface area (Å²) < 4.78 is 0.930. The zero-order valence-corrected chi connectivity index (χ0v) is 14.1. The third kappa shape index (κ3) is 4.33. The highest BCUT2D eigenvalue weighted by atomic mass is 79.9. The SMILES string of the molecule is CCCNc1ncc(Br)c(NCC2(C)CCCCC2)n1. The zero-order valence-electron chi connectivity index (χ0n) is 12.5. The Balaban J connectivity index is 1.97. The van der Waals surface area contributed by atoms with Crippen molar-refractivity contribution >= 4 is 27.7 Å². The van der Waals surface area contributed by atoms with Gasteiger partial charge in [0.1, 0.15) is 5.82 Å². The van der Waals surface area contributed by atoms with Gasteiger partial charge >= 0.3 is 0 Å². The topological polar surface area (TPSA) is 49.8 Å². The molecule has 0 unspecified atom stereocenters. The largest absolute Gasteiger partial charge is 0.368 e. The van der Waals surface area contributed by atoms with Crippen molar-refractivity contribution in [3.8, 4) is 0 Å². The second-order valence-corrected chi connectivity index (χ2v) is 6.90. The number of halogens is 1. The Morgan fingerprint density at radius 1 is 1.25 bits per heavy atom. The molecule has 112 valence electrons. The van der Waals surface area contributed by atoms with Gasteiger partial charge in [-0.15, -0.1) is 0 Å². The highest BCUT2D eigenvalue weighted by Gasteiger charge is 2.26. The Bertz CT molecular complexity index is 430. The van der Waals surface area contributed by atoms with Gasteiger partial charge in [0.05, 0.1) is 4.47 Å². The van der Waals surface area contributed by atoms with Gasteiger partial charge in [0.15, 0.2) is 0 Å². The molecule has 2 rings (SSSR count). The first-order chi connectivity index (χ1) is 9.63. The predicted octanol–water partition coefficient (Wildman–Crippen LogP) is 4.44. The maximum atomic E-state index is 4.55. The number of nitrogens with one attached hydrogen (secondary N) is 2. The summed E-state index contributed by atoms with van der Waals surface area (Å²) in [5.41, 5.74) is 0.402. The van der Waals surface area contributed by atoms with E-state index in [4.69, 9.17) is 0 Å². The summed E-state index contributed by atoms with van der Waals surface area (Å²) in [5.74, 6) is 1.59. The lowest BCUT2D eigenvalue weighted by Gasteiger charge is -2.33. The summed E-state index contributed by atoms with van der Waals surface area (Å²) in [6, 6.07) is 0. The van der Waals surface area contributed by atoms with E-state index >= 15 is 0 Å². The van der Waals surface area contributed by atoms with Gasteiger partial charge in [-0.25, -0.2) is 4.98 Å². The van der Waals surface area contributed by atoms with Crippen LogP contribution in [0, 0.1) is 5.41 Å². The average molecular weight is 341 g/mol. The van der Waals surface area contributed by atoms with E-state index in [0.717, 1.165) is 29.8 Å². The molecular formula is C15H25BrN4. The molecule has 0 amide bonds. The molecule has 1 aromatic heterocycles. The van der Waals surface area contributed by atoms with Crippen LogP contribution < -0.4 is 10.6 Å². The molecule has 1 fully saturated rings. The van der Waals surface area contributed by atoms with E-state index in [9.17, 15) is 0 Å². The molecule has 0 atom stereocenters. The maximum Gasteiger partial charge on any atom is 0.224 e. The van der Waals surface area contributed by atoms with E-state index in [1.165, 1.54) is 32.1 Å². The lowest BCUT2D eigenvalue weighted by Crippen LogP contribution is -2.29. The normalized spacial score (nSPS) is 17.8. The summed E-state index contributed by atoms with van der Waals surface area (Å²) >= 11 is 3.53. The van der Waals surface area contributed by atoms with E-state index in [2.05, 4.69) is 50.4 Å². The minimum absolute atomic E-state index is 0.402. The van der Waals surface area contributed by atoms with Crippen LogP contribution in [-0.2, 0) is 0 Å². The lowest BCUT2D eigenvalue weighted by atomic mass is 9.76. The van der Waals surface area contributed by atoms with Crippen LogP contribution in [0.15, 0.2) is 10.7 Å². The fraction of sp³-hybridized carbons (Fsp3) is 0.733. The molecule has 0 radical (unpaired) electrons. The van der Waals surface area contributed by atoms with Gasteiger partial charge < -0.3 is 10.6 Å². The molecule has 4 nitrogen and oxygen atoms in total. The van der Waals surface area contributed by atoms with E-state index in [1.807, 2.05) is 6.20 Å². The number of nitrogens with zero attached hydrogens (tertiary/aromatic N) is 2. The maximum absolute atomic E-state index is 4.55. The van der Waals surface area contributed by atoms with Crippen LogP contribution >= 0.6 is 15.9 Å². The van der Waals surface area contributed by atoms with Crippen molar-refractivity contribution in [1.29, 1.82) is 0 Å². The molecule has 0 spiro atoms. The predicted molar refractivity (Wildman–Crippen MR) is 88.2 cm³/mol. The first-order valence-electron chi connectivity index (χ1n) is 7.63. The summed E-state index contributed by atoms with van der Waals surface area (Å²) in [7, 11) is 0. The molecule has 1 saturated carbocycles. The Morgan fingerprint density at radius 3 is 2.70 bits per heavy atom. The molecule has 1 aromatic rings. The molecule has 1 aliphatic carbocycles. The molecule has 20 heavy (non-hydrogen) atoms. The molecule has 2 N–H and O–H groups in total. The smallest absolute Gasteiger partial charge is 0.224 e. The lowest BCUT2D eigenvalue weighted by molar-refractivity contribution is 0.233. The van der Waals surface area contributed by atoms with Crippen LogP contribution in [0.1, 0.15) is 52.4 Å². The number of hydrogen-bond donors (Lipinski definition) is 2. The summed E-state index contributed by atoms with van der Waals surface area (Å²) in [5, 5.41) is 6.73. The summed E-state index contributed by atoms with van der Waals surface area (Å²) in [6.45, 7) is 6.40. The molecule has 0 saturated heterocycles. The van der Waals surface area contributed by atoms with E-state index < -0.39 is 0 Å². The zero-order chi connectivity index (χ0) is 14.4. The van der Waals surface area contributed by atoms with Gasteiger partial charge in [-0.2, -0.15) is 4.98 Å². The number of aromatic nitrogens is 2. The Morgan fingerprint density at radius 2 is 2.00 bits per heavy atom. The van der Waals surface area contributed by atoms with Gasteiger partial charge in [-0.3, -0.25) is 0 Å². The van der Waals surface area contributed by atoms with Crippen molar-refractivity contribution < 1.29 is 0 Å². The fourth-order valence-electron chi connectivity index (χ4n) is 2.69. The standard InChI is InChI=1S/C15H25BrN4/c1-3-9-17-14-18-10-12(16)13(20-14)19-11-15(2)7-5-4-6-8-15/h10H,3-9,11H2,1-2H3,(H2,17,18,19,20). The Kier molecular flexibility index (Phi) is 5.64. The van der Waals surface area contributed by atoms with Crippen LogP contribution in [0.5, 0.6) is 0 Å². The van der Waals surface area contributed by atoms with E-state index in [-0.39, 0.29) is 0 Å². The Hall–Kier alpha value is -0.840. The van der Waals surface area contributed by atoms with E-state index in [0.29, 0.717) is 11.4 Å². The van der Waals surface area contributed by atoms with Crippen molar-refractivity contribution in [2.75, 3.05) is 23.7 Å². The number of rotatable bonds is 6. The summed E-state index contributed by atoms with van der Waals surface area (Å²) in [6.07, 6.45) is 9.60. The van der Waals surface area contributed by atoms with Gasteiger partial charge in [0, 0.05) is 19.3 Å². The van der Waals surface area contributed by atoms with Crippen LogP contribution in [0.4, 0.5) is 11.8 Å². The van der Waals surface area contributed by atoms with Gasteiger partial charge in [-0.1, -0.05) is 33.1 Å². The molecule has 0 aliphatic heterocycles. The highest BCUT2D eigenvalue weighted by Crippen LogP contribution is 2.36.